The molecule has 1 unspecified atom stereocenters. The summed E-state index contributed by atoms with van der Waals surface area (Å²) < 4.78 is 5.90. The molecule has 5 nitrogen and oxygen atoms in total. The summed E-state index contributed by atoms with van der Waals surface area (Å²) >= 11 is 0. The van der Waals surface area contributed by atoms with Crippen LogP contribution in [0.25, 0.3) is 0 Å². The largest absolute Gasteiger partial charge is 0.375 e. The van der Waals surface area contributed by atoms with Gasteiger partial charge in [0.1, 0.15) is 0 Å². The first-order chi connectivity index (χ1) is 12.6. The van der Waals surface area contributed by atoms with Crippen molar-refractivity contribution in [3.63, 3.8) is 0 Å². The molecule has 0 N–H and O–H groups in total. The Kier molecular flexibility index (Phi) is 7.06. The predicted octanol–water partition coefficient (Wildman–Crippen LogP) is 2.22. The normalized spacial score (nSPS) is 23.2. The Morgan fingerprint density at radius 2 is 1.92 bits per heavy atom. The second-order valence-corrected chi connectivity index (χ2v) is 7.78. The minimum absolute atomic E-state index is 0.0180. The Morgan fingerprint density at radius 1 is 1.12 bits per heavy atom. The van der Waals surface area contributed by atoms with Crippen LogP contribution in [-0.2, 0) is 16.1 Å². The van der Waals surface area contributed by atoms with Crippen molar-refractivity contribution in [3.8, 4) is 0 Å². The van der Waals surface area contributed by atoms with Crippen LogP contribution in [0.1, 0.15) is 32.3 Å². The Balaban J connectivity index is 1.47. The lowest BCUT2D eigenvalue weighted by atomic mass is 10.1. The highest BCUT2D eigenvalue weighted by Gasteiger charge is 2.26. The third-order valence-electron chi connectivity index (χ3n) is 5.49. The van der Waals surface area contributed by atoms with E-state index in [0.29, 0.717) is 19.1 Å². The van der Waals surface area contributed by atoms with Crippen molar-refractivity contribution in [1.82, 2.24) is 14.7 Å². The summed E-state index contributed by atoms with van der Waals surface area (Å²) in [6, 6.07) is 11.1. The molecule has 0 aliphatic carbocycles. The van der Waals surface area contributed by atoms with Crippen LogP contribution in [0.15, 0.2) is 30.3 Å². The Bertz CT molecular complexity index is 564. The maximum absolute atomic E-state index is 12.8. The molecule has 0 radical (unpaired) electrons. The average molecular weight is 360 g/mol. The molecule has 2 heterocycles. The van der Waals surface area contributed by atoms with Crippen molar-refractivity contribution >= 4 is 5.91 Å². The van der Waals surface area contributed by atoms with Gasteiger partial charge in [0.05, 0.1) is 19.1 Å². The smallest absolute Gasteiger partial charge is 0.225 e. The second kappa shape index (κ2) is 9.49. The molecule has 0 aromatic heterocycles. The summed E-state index contributed by atoms with van der Waals surface area (Å²) in [5.74, 6) is 0.252. The maximum Gasteiger partial charge on any atom is 0.225 e. The highest BCUT2D eigenvalue weighted by atomic mass is 16.5. The van der Waals surface area contributed by atoms with Crippen molar-refractivity contribution in [2.24, 2.45) is 0 Å². The van der Waals surface area contributed by atoms with Crippen LogP contribution >= 0.6 is 0 Å². The third-order valence-corrected chi connectivity index (χ3v) is 5.49. The summed E-state index contributed by atoms with van der Waals surface area (Å²) in [6.45, 7) is 11.7. The first kappa shape index (κ1) is 19.3. The lowest BCUT2D eigenvalue weighted by molar-refractivity contribution is -0.136. The summed E-state index contributed by atoms with van der Waals surface area (Å²) in [5, 5.41) is 0. The van der Waals surface area contributed by atoms with Gasteiger partial charge in [-0.2, -0.15) is 0 Å². The first-order valence-electron chi connectivity index (χ1n) is 10.0. The van der Waals surface area contributed by atoms with Gasteiger partial charge in [0, 0.05) is 51.9 Å². The number of morpholine rings is 1. The number of rotatable bonds is 5. The quantitative estimate of drug-likeness (QED) is 0.808. The zero-order valence-electron chi connectivity index (χ0n) is 16.3. The van der Waals surface area contributed by atoms with Gasteiger partial charge in [0.25, 0.3) is 0 Å². The van der Waals surface area contributed by atoms with Gasteiger partial charge in [-0.3, -0.25) is 14.6 Å². The van der Waals surface area contributed by atoms with Crippen molar-refractivity contribution in [3.05, 3.63) is 35.9 Å². The van der Waals surface area contributed by atoms with Crippen LogP contribution in [0.3, 0.4) is 0 Å². The van der Waals surface area contributed by atoms with Crippen molar-refractivity contribution in [2.75, 3.05) is 45.9 Å². The van der Waals surface area contributed by atoms with Crippen LogP contribution in [-0.4, -0.2) is 78.6 Å². The highest BCUT2D eigenvalue weighted by molar-refractivity contribution is 5.76. The van der Waals surface area contributed by atoms with Crippen LogP contribution in [0.5, 0.6) is 0 Å². The molecule has 1 amide bonds. The Morgan fingerprint density at radius 3 is 2.69 bits per heavy atom. The van der Waals surface area contributed by atoms with E-state index >= 15 is 0 Å². The lowest BCUT2D eigenvalue weighted by Crippen LogP contribution is -2.45. The molecule has 2 aliphatic rings. The van der Waals surface area contributed by atoms with E-state index in [-0.39, 0.29) is 12.0 Å². The van der Waals surface area contributed by atoms with E-state index in [1.165, 1.54) is 5.56 Å². The fourth-order valence-electron chi connectivity index (χ4n) is 3.92. The molecular weight excluding hydrogens is 326 g/mol. The fourth-order valence-corrected chi connectivity index (χ4v) is 3.92. The van der Waals surface area contributed by atoms with E-state index in [1.54, 1.807) is 0 Å². The number of nitrogens with zero attached hydrogens (tertiary/aromatic N) is 3. The van der Waals surface area contributed by atoms with E-state index < -0.39 is 0 Å². The summed E-state index contributed by atoms with van der Waals surface area (Å²) in [5.41, 5.74) is 1.32. The number of hydrogen-bond acceptors (Lipinski definition) is 4. The molecule has 2 fully saturated rings. The minimum Gasteiger partial charge on any atom is -0.375 e. The molecule has 3 rings (SSSR count). The molecule has 26 heavy (non-hydrogen) atoms. The monoisotopic (exact) mass is 359 g/mol. The number of carbonyl (C=O) groups excluding carboxylic acids is 1. The first-order valence-corrected chi connectivity index (χ1v) is 10.0. The van der Waals surface area contributed by atoms with E-state index in [0.717, 1.165) is 52.2 Å². The molecule has 1 aromatic rings. The van der Waals surface area contributed by atoms with Gasteiger partial charge in [-0.1, -0.05) is 30.3 Å². The molecule has 1 aromatic carbocycles. The Labute approximate surface area is 157 Å². The van der Waals surface area contributed by atoms with Gasteiger partial charge in [0.2, 0.25) is 5.91 Å². The maximum atomic E-state index is 12.8. The van der Waals surface area contributed by atoms with Gasteiger partial charge < -0.3 is 9.64 Å². The zero-order chi connectivity index (χ0) is 18.4. The molecule has 0 spiro atoms. The van der Waals surface area contributed by atoms with Crippen molar-refractivity contribution < 1.29 is 9.53 Å². The molecule has 144 valence electrons. The summed E-state index contributed by atoms with van der Waals surface area (Å²) in [4.78, 5) is 19.7. The number of hydrogen-bond donors (Lipinski definition) is 0. The van der Waals surface area contributed by atoms with Crippen LogP contribution < -0.4 is 0 Å². The molecular formula is C21H33N3O2. The number of carbonyl (C=O) groups is 1. The summed E-state index contributed by atoms with van der Waals surface area (Å²) in [6.07, 6.45) is 1.59. The average Bonchev–Trinajstić information content (AvgIpc) is 2.89. The van der Waals surface area contributed by atoms with Gasteiger partial charge >= 0.3 is 0 Å². The molecule has 0 saturated carbocycles. The Hall–Kier alpha value is -1.43. The standard InChI is InChI=1S/C21H33N3O2/c1-18(2)23-9-6-10-24(12-11-23)21(25)15-20-17-22(13-14-26-20)16-19-7-4-3-5-8-19/h3-5,7-8,18,20H,6,9-17H2,1-2H3. The molecule has 5 heteroatoms. The van der Waals surface area contributed by atoms with Crippen LogP contribution in [0.2, 0.25) is 0 Å². The SMILES string of the molecule is CC(C)N1CCCN(C(=O)CC2CN(Cc3ccccc3)CCO2)CC1. The fraction of sp³-hybridized carbons (Fsp3) is 0.667. The lowest BCUT2D eigenvalue weighted by Gasteiger charge is -2.33. The van der Waals surface area contributed by atoms with E-state index in [4.69, 9.17) is 4.74 Å². The van der Waals surface area contributed by atoms with E-state index in [2.05, 4.69) is 47.9 Å². The molecule has 2 saturated heterocycles. The van der Waals surface area contributed by atoms with Gasteiger partial charge in [-0.25, -0.2) is 0 Å². The summed E-state index contributed by atoms with van der Waals surface area (Å²) in [7, 11) is 0. The van der Waals surface area contributed by atoms with Crippen LogP contribution in [0, 0.1) is 0 Å². The van der Waals surface area contributed by atoms with Crippen molar-refractivity contribution in [2.45, 2.75) is 45.4 Å². The number of amides is 1. The molecule has 2 aliphatic heterocycles. The van der Waals surface area contributed by atoms with Gasteiger partial charge in [-0.15, -0.1) is 0 Å². The van der Waals surface area contributed by atoms with Gasteiger partial charge in [-0.05, 0) is 25.8 Å². The number of benzene rings is 1. The zero-order valence-corrected chi connectivity index (χ0v) is 16.3. The molecule has 0 bridgehead atoms. The van der Waals surface area contributed by atoms with Crippen LogP contribution in [0.4, 0.5) is 0 Å². The van der Waals surface area contributed by atoms with E-state index in [9.17, 15) is 4.79 Å². The topological polar surface area (TPSA) is 36.0 Å². The second-order valence-electron chi connectivity index (χ2n) is 7.78. The number of ether oxygens (including phenoxy) is 1. The molecule has 1 atom stereocenters. The van der Waals surface area contributed by atoms with E-state index in [1.807, 2.05) is 11.0 Å². The van der Waals surface area contributed by atoms with Crippen molar-refractivity contribution in [1.29, 1.82) is 0 Å². The minimum atomic E-state index is 0.0180. The predicted molar refractivity (Wildman–Crippen MR) is 104 cm³/mol. The third kappa shape index (κ3) is 5.53. The van der Waals surface area contributed by atoms with Gasteiger partial charge in [0.15, 0.2) is 0 Å². The highest BCUT2D eigenvalue weighted by Crippen LogP contribution is 2.15.